The van der Waals surface area contributed by atoms with E-state index in [1.165, 1.54) is 0 Å². The molecule has 0 saturated heterocycles. The van der Waals surface area contributed by atoms with Crippen molar-refractivity contribution in [2.24, 2.45) is 0 Å². The van der Waals surface area contributed by atoms with Crippen LogP contribution in [0.5, 0.6) is 0 Å². The fourth-order valence-corrected chi connectivity index (χ4v) is 3.69. The summed E-state index contributed by atoms with van der Waals surface area (Å²) in [5.41, 5.74) is 0.715. The molecule has 6 nitrogen and oxygen atoms in total. The van der Waals surface area contributed by atoms with Crippen molar-refractivity contribution in [3.05, 3.63) is 29.8 Å². The summed E-state index contributed by atoms with van der Waals surface area (Å²) in [5, 5.41) is 0. The monoisotopic (exact) mass is 311 g/mol. The molecule has 1 heterocycles. The van der Waals surface area contributed by atoms with Crippen molar-refractivity contribution < 1.29 is 22.7 Å². The summed E-state index contributed by atoms with van der Waals surface area (Å²) in [6.07, 6.45) is 0.720. The maximum atomic E-state index is 12.4. The van der Waals surface area contributed by atoms with Crippen LogP contribution in [0.25, 0.3) is 0 Å². The second-order valence-corrected chi connectivity index (χ2v) is 6.57. The van der Waals surface area contributed by atoms with Gasteiger partial charge in [-0.2, -0.15) is 0 Å². The molecule has 0 bridgehead atoms. The Morgan fingerprint density at radius 3 is 2.76 bits per heavy atom. The number of Topliss-reactive ketones (excluding diaryl/α,β-unsaturated/α-hetero) is 1. The molecule has 0 spiro atoms. The number of ketones is 1. The maximum Gasteiger partial charge on any atom is 0.323 e. The van der Waals surface area contributed by atoms with Gasteiger partial charge in [0.25, 0.3) is 0 Å². The van der Waals surface area contributed by atoms with Gasteiger partial charge in [0.2, 0.25) is 10.0 Å². The lowest BCUT2D eigenvalue weighted by Gasteiger charge is -2.23. The molecule has 0 aliphatic carbocycles. The molecular formula is C14H17NO5S. The van der Waals surface area contributed by atoms with Crippen molar-refractivity contribution >= 4 is 27.5 Å². The first-order valence-electron chi connectivity index (χ1n) is 6.74. The average molecular weight is 311 g/mol. The number of benzene rings is 1. The molecule has 1 aromatic carbocycles. The van der Waals surface area contributed by atoms with E-state index >= 15 is 0 Å². The molecule has 0 fully saturated rings. The van der Waals surface area contributed by atoms with Crippen molar-refractivity contribution in [3.8, 4) is 0 Å². The van der Waals surface area contributed by atoms with Crippen molar-refractivity contribution in [1.29, 1.82) is 0 Å². The lowest BCUT2D eigenvalue weighted by atomic mass is 10.1. The van der Waals surface area contributed by atoms with Crippen LogP contribution in [0.15, 0.2) is 24.3 Å². The normalized spacial score (nSPS) is 15.3. The van der Waals surface area contributed by atoms with E-state index in [0.29, 0.717) is 24.1 Å². The third kappa shape index (κ3) is 3.41. The van der Waals surface area contributed by atoms with Gasteiger partial charge in [0, 0.05) is 18.5 Å². The number of carbonyl (C=O) groups excluding carboxylic acids is 2. The molecule has 0 amide bonds. The van der Waals surface area contributed by atoms with Gasteiger partial charge in [-0.1, -0.05) is 12.1 Å². The molecule has 0 aromatic heterocycles. The van der Waals surface area contributed by atoms with Gasteiger partial charge in [-0.3, -0.25) is 13.9 Å². The van der Waals surface area contributed by atoms with E-state index < -0.39 is 21.7 Å². The minimum Gasteiger partial charge on any atom is -0.465 e. The van der Waals surface area contributed by atoms with E-state index in [2.05, 4.69) is 0 Å². The fourth-order valence-electron chi connectivity index (χ4n) is 2.28. The van der Waals surface area contributed by atoms with Gasteiger partial charge in [-0.05, 0) is 25.5 Å². The summed E-state index contributed by atoms with van der Waals surface area (Å²) in [4.78, 5) is 23.5. The number of anilines is 1. The molecule has 2 rings (SSSR count). The zero-order chi connectivity index (χ0) is 15.5. The highest BCUT2D eigenvalue weighted by Gasteiger charge is 2.31. The zero-order valence-corrected chi connectivity index (χ0v) is 12.6. The average Bonchev–Trinajstić information content (AvgIpc) is 2.59. The van der Waals surface area contributed by atoms with Crippen LogP contribution in [-0.2, 0) is 19.6 Å². The first-order chi connectivity index (χ1) is 9.95. The number of ether oxygens (including phenoxy) is 1. The molecule has 0 unspecified atom stereocenters. The highest BCUT2D eigenvalue weighted by Crippen LogP contribution is 2.28. The molecule has 1 aliphatic rings. The Kier molecular flexibility index (Phi) is 4.62. The number of esters is 1. The summed E-state index contributed by atoms with van der Waals surface area (Å²) in [5.74, 6) is -1.59. The van der Waals surface area contributed by atoms with Crippen LogP contribution in [0, 0.1) is 0 Å². The molecular weight excluding hydrogens is 294 g/mol. The minimum atomic E-state index is -3.86. The van der Waals surface area contributed by atoms with E-state index in [1.807, 2.05) is 0 Å². The predicted octanol–water partition coefficient (Wildman–Crippen LogP) is 1.36. The second kappa shape index (κ2) is 6.26. The van der Waals surface area contributed by atoms with Gasteiger partial charge >= 0.3 is 5.97 Å². The lowest BCUT2D eigenvalue weighted by molar-refractivity contribution is -0.139. The number of carbonyl (C=O) groups is 2. The summed E-state index contributed by atoms with van der Waals surface area (Å²) < 4.78 is 30.7. The number of nitrogens with zero attached hydrogens (tertiary/aromatic N) is 1. The minimum absolute atomic E-state index is 0.0839. The number of para-hydroxylation sites is 1. The zero-order valence-electron chi connectivity index (χ0n) is 11.7. The van der Waals surface area contributed by atoms with Crippen LogP contribution >= 0.6 is 0 Å². The number of hydrogen-bond acceptors (Lipinski definition) is 5. The summed E-state index contributed by atoms with van der Waals surface area (Å²) in [6.45, 7) is 1.93. The smallest absolute Gasteiger partial charge is 0.323 e. The Morgan fingerprint density at radius 2 is 2.05 bits per heavy atom. The Hall–Kier alpha value is -1.89. The van der Waals surface area contributed by atoms with Crippen LogP contribution in [-0.4, -0.2) is 39.1 Å². The standard InChI is InChI=1S/C14H17NO5S/c1-2-20-14(17)10-21(18,19)15-9-5-8-13(16)11-6-3-4-7-12(11)15/h3-4,6-7H,2,5,8-10H2,1H3. The first kappa shape index (κ1) is 15.5. The molecule has 0 N–H and O–H groups in total. The molecule has 21 heavy (non-hydrogen) atoms. The van der Waals surface area contributed by atoms with Crippen molar-refractivity contribution in [1.82, 2.24) is 0 Å². The molecule has 7 heteroatoms. The molecule has 1 aromatic rings. The van der Waals surface area contributed by atoms with Crippen molar-refractivity contribution in [2.75, 3.05) is 23.2 Å². The third-order valence-corrected chi connectivity index (χ3v) is 4.83. The molecule has 1 aliphatic heterocycles. The number of sulfonamides is 1. The van der Waals surface area contributed by atoms with E-state index in [-0.39, 0.29) is 18.9 Å². The van der Waals surface area contributed by atoms with Gasteiger partial charge in [0.15, 0.2) is 11.5 Å². The summed E-state index contributed by atoms with van der Waals surface area (Å²) >= 11 is 0. The van der Waals surface area contributed by atoms with Crippen LogP contribution in [0.4, 0.5) is 5.69 Å². The van der Waals surface area contributed by atoms with Crippen LogP contribution in [0.2, 0.25) is 0 Å². The summed E-state index contributed by atoms with van der Waals surface area (Å²) in [7, 11) is -3.86. The van der Waals surface area contributed by atoms with E-state index in [4.69, 9.17) is 4.74 Å². The van der Waals surface area contributed by atoms with Gasteiger partial charge < -0.3 is 4.74 Å². The number of hydrogen-bond donors (Lipinski definition) is 0. The summed E-state index contributed by atoms with van der Waals surface area (Å²) in [6, 6.07) is 6.56. The van der Waals surface area contributed by atoms with Gasteiger partial charge in [-0.15, -0.1) is 0 Å². The predicted molar refractivity (Wildman–Crippen MR) is 77.8 cm³/mol. The van der Waals surface area contributed by atoms with Crippen molar-refractivity contribution in [3.63, 3.8) is 0 Å². The van der Waals surface area contributed by atoms with Crippen LogP contribution in [0.1, 0.15) is 30.1 Å². The Morgan fingerprint density at radius 1 is 1.33 bits per heavy atom. The van der Waals surface area contributed by atoms with Crippen LogP contribution < -0.4 is 4.31 Å². The fraction of sp³-hybridized carbons (Fsp3) is 0.429. The molecule has 0 saturated carbocycles. The Labute approximate surface area is 123 Å². The SMILES string of the molecule is CCOC(=O)CS(=O)(=O)N1CCCC(=O)c2ccccc21. The topological polar surface area (TPSA) is 80.8 Å². The molecule has 114 valence electrons. The molecule has 0 radical (unpaired) electrons. The Bertz CT molecular complexity index is 653. The highest BCUT2D eigenvalue weighted by atomic mass is 32.2. The number of fused-ring (bicyclic) bond motifs is 1. The maximum absolute atomic E-state index is 12.4. The van der Waals surface area contributed by atoms with Gasteiger partial charge in [0.05, 0.1) is 12.3 Å². The van der Waals surface area contributed by atoms with Gasteiger partial charge in [-0.25, -0.2) is 8.42 Å². The van der Waals surface area contributed by atoms with E-state index in [1.54, 1.807) is 31.2 Å². The first-order valence-corrected chi connectivity index (χ1v) is 8.35. The van der Waals surface area contributed by atoms with Crippen LogP contribution in [0.3, 0.4) is 0 Å². The van der Waals surface area contributed by atoms with Gasteiger partial charge in [0.1, 0.15) is 0 Å². The van der Waals surface area contributed by atoms with E-state index in [0.717, 1.165) is 4.31 Å². The Balaban J connectivity index is 2.37. The third-order valence-electron chi connectivity index (χ3n) is 3.18. The second-order valence-electron chi connectivity index (χ2n) is 4.68. The number of rotatable bonds is 4. The quantitative estimate of drug-likeness (QED) is 0.784. The highest BCUT2D eigenvalue weighted by molar-refractivity contribution is 7.93. The lowest BCUT2D eigenvalue weighted by Crippen LogP contribution is -2.36. The molecule has 0 atom stereocenters. The van der Waals surface area contributed by atoms with E-state index in [9.17, 15) is 18.0 Å². The van der Waals surface area contributed by atoms with Crippen molar-refractivity contribution in [2.45, 2.75) is 19.8 Å². The largest absolute Gasteiger partial charge is 0.465 e.